The summed E-state index contributed by atoms with van der Waals surface area (Å²) in [4.78, 5) is 13.9. The Kier molecular flexibility index (Phi) is 4.35. The third-order valence-corrected chi connectivity index (χ3v) is 2.87. The standard InChI is InChI=1S/C10H21N3O/c1-4-13-8(2)7-12-10(14)9(13)5-6-11-3/h8-9,11H,4-7H2,1-3H3,(H,12,14). The lowest BCUT2D eigenvalue weighted by Gasteiger charge is -2.39. The van der Waals surface area contributed by atoms with Gasteiger partial charge in [-0.2, -0.15) is 0 Å². The topological polar surface area (TPSA) is 44.4 Å². The molecule has 0 spiro atoms. The summed E-state index contributed by atoms with van der Waals surface area (Å²) < 4.78 is 0. The maximum Gasteiger partial charge on any atom is 0.237 e. The zero-order chi connectivity index (χ0) is 10.6. The van der Waals surface area contributed by atoms with E-state index in [1.165, 1.54) is 0 Å². The highest BCUT2D eigenvalue weighted by Gasteiger charge is 2.32. The van der Waals surface area contributed by atoms with Crippen molar-refractivity contribution in [3.05, 3.63) is 0 Å². The molecular weight excluding hydrogens is 178 g/mol. The van der Waals surface area contributed by atoms with E-state index in [1.54, 1.807) is 0 Å². The van der Waals surface area contributed by atoms with Crippen molar-refractivity contribution in [3.63, 3.8) is 0 Å². The van der Waals surface area contributed by atoms with E-state index >= 15 is 0 Å². The summed E-state index contributed by atoms with van der Waals surface area (Å²) >= 11 is 0. The van der Waals surface area contributed by atoms with Gasteiger partial charge in [-0.05, 0) is 33.5 Å². The number of carbonyl (C=O) groups excluding carboxylic acids is 1. The number of nitrogens with zero attached hydrogens (tertiary/aromatic N) is 1. The highest BCUT2D eigenvalue weighted by atomic mass is 16.2. The summed E-state index contributed by atoms with van der Waals surface area (Å²) in [6, 6.07) is 0.510. The SMILES string of the molecule is CCN1C(C)CNC(=O)C1CCNC. The maximum atomic E-state index is 11.6. The van der Waals surface area contributed by atoms with Crippen molar-refractivity contribution in [2.45, 2.75) is 32.4 Å². The van der Waals surface area contributed by atoms with Crippen LogP contribution in [0, 0.1) is 0 Å². The van der Waals surface area contributed by atoms with Crippen LogP contribution in [-0.2, 0) is 4.79 Å². The zero-order valence-corrected chi connectivity index (χ0v) is 9.34. The van der Waals surface area contributed by atoms with E-state index in [0.717, 1.165) is 26.1 Å². The Balaban J connectivity index is 2.58. The molecule has 1 aliphatic heterocycles. The Morgan fingerprint density at radius 1 is 1.64 bits per heavy atom. The van der Waals surface area contributed by atoms with E-state index in [1.807, 2.05) is 7.05 Å². The van der Waals surface area contributed by atoms with E-state index in [4.69, 9.17) is 0 Å². The summed E-state index contributed by atoms with van der Waals surface area (Å²) in [5, 5.41) is 6.04. The lowest BCUT2D eigenvalue weighted by atomic mass is 10.1. The normalized spacial score (nSPS) is 28.9. The number of hydrogen-bond donors (Lipinski definition) is 2. The second-order valence-electron chi connectivity index (χ2n) is 3.83. The lowest BCUT2D eigenvalue weighted by Crippen LogP contribution is -2.59. The Labute approximate surface area is 86.0 Å². The average molecular weight is 199 g/mol. The molecule has 1 rings (SSSR count). The molecule has 0 aromatic carbocycles. The second kappa shape index (κ2) is 5.32. The zero-order valence-electron chi connectivity index (χ0n) is 9.34. The van der Waals surface area contributed by atoms with Crippen molar-refractivity contribution >= 4 is 5.91 Å². The van der Waals surface area contributed by atoms with Crippen molar-refractivity contribution in [2.24, 2.45) is 0 Å². The van der Waals surface area contributed by atoms with E-state index in [-0.39, 0.29) is 11.9 Å². The van der Waals surface area contributed by atoms with Gasteiger partial charge in [-0.3, -0.25) is 9.69 Å². The van der Waals surface area contributed by atoms with Crippen LogP contribution in [0.15, 0.2) is 0 Å². The summed E-state index contributed by atoms with van der Waals surface area (Å²) in [7, 11) is 1.92. The molecule has 0 bridgehead atoms. The molecule has 0 aliphatic carbocycles. The fourth-order valence-electron chi connectivity index (χ4n) is 2.05. The van der Waals surface area contributed by atoms with Crippen molar-refractivity contribution < 1.29 is 4.79 Å². The predicted octanol–water partition coefficient (Wildman–Crippen LogP) is -0.195. The third kappa shape index (κ3) is 2.45. The molecule has 1 heterocycles. The Bertz CT molecular complexity index is 196. The molecule has 0 aromatic heterocycles. The minimum Gasteiger partial charge on any atom is -0.353 e. The van der Waals surface area contributed by atoms with Crippen LogP contribution in [0.5, 0.6) is 0 Å². The molecule has 0 radical (unpaired) electrons. The van der Waals surface area contributed by atoms with Gasteiger partial charge in [-0.1, -0.05) is 6.92 Å². The number of piperazine rings is 1. The summed E-state index contributed by atoms with van der Waals surface area (Å²) in [6.07, 6.45) is 0.889. The van der Waals surface area contributed by atoms with Gasteiger partial charge in [0.1, 0.15) is 0 Å². The van der Waals surface area contributed by atoms with Gasteiger partial charge in [-0.15, -0.1) is 0 Å². The number of rotatable bonds is 4. The quantitative estimate of drug-likeness (QED) is 0.659. The Morgan fingerprint density at radius 2 is 2.36 bits per heavy atom. The van der Waals surface area contributed by atoms with Crippen LogP contribution in [0.2, 0.25) is 0 Å². The summed E-state index contributed by atoms with van der Waals surface area (Å²) in [5.41, 5.74) is 0. The first-order valence-electron chi connectivity index (χ1n) is 5.38. The summed E-state index contributed by atoms with van der Waals surface area (Å²) in [6.45, 7) is 6.89. The fraction of sp³-hybridized carbons (Fsp3) is 0.900. The third-order valence-electron chi connectivity index (χ3n) is 2.87. The molecule has 2 atom stereocenters. The highest BCUT2D eigenvalue weighted by Crippen LogP contribution is 2.12. The molecule has 4 nitrogen and oxygen atoms in total. The predicted molar refractivity (Wildman–Crippen MR) is 57.2 cm³/mol. The molecule has 1 aliphatic rings. The van der Waals surface area contributed by atoms with Gasteiger partial charge in [0, 0.05) is 12.6 Å². The monoisotopic (exact) mass is 199 g/mol. The van der Waals surface area contributed by atoms with Gasteiger partial charge in [0.05, 0.1) is 6.04 Å². The Hall–Kier alpha value is -0.610. The molecule has 1 fully saturated rings. The van der Waals surface area contributed by atoms with Crippen LogP contribution in [0.1, 0.15) is 20.3 Å². The largest absolute Gasteiger partial charge is 0.353 e. The molecule has 14 heavy (non-hydrogen) atoms. The van der Waals surface area contributed by atoms with Gasteiger partial charge in [0.2, 0.25) is 5.91 Å². The smallest absolute Gasteiger partial charge is 0.237 e. The van der Waals surface area contributed by atoms with Gasteiger partial charge in [-0.25, -0.2) is 0 Å². The van der Waals surface area contributed by atoms with Crippen LogP contribution < -0.4 is 10.6 Å². The first kappa shape index (κ1) is 11.5. The van der Waals surface area contributed by atoms with Crippen LogP contribution >= 0.6 is 0 Å². The van der Waals surface area contributed by atoms with Crippen molar-refractivity contribution in [3.8, 4) is 0 Å². The van der Waals surface area contributed by atoms with E-state index in [9.17, 15) is 4.79 Å². The van der Waals surface area contributed by atoms with Gasteiger partial charge >= 0.3 is 0 Å². The first-order valence-corrected chi connectivity index (χ1v) is 5.38. The van der Waals surface area contributed by atoms with E-state index in [0.29, 0.717) is 6.04 Å². The minimum absolute atomic E-state index is 0.0520. The van der Waals surface area contributed by atoms with Crippen LogP contribution in [0.4, 0.5) is 0 Å². The van der Waals surface area contributed by atoms with Crippen LogP contribution in [0.3, 0.4) is 0 Å². The van der Waals surface area contributed by atoms with E-state index in [2.05, 4.69) is 29.4 Å². The van der Waals surface area contributed by atoms with Crippen molar-refractivity contribution in [1.29, 1.82) is 0 Å². The number of amides is 1. The molecule has 1 saturated heterocycles. The number of hydrogen-bond acceptors (Lipinski definition) is 3. The van der Waals surface area contributed by atoms with Crippen LogP contribution in [-0.4, -0.2) is 49.6 Å². The lowest BCUT2D eigenvalue weighted by molar-refractivity contribution is -0.130. The molecular formula is C10H21N3O. The van der Waals surface area contributed by atoms with Gasteiger partial charge in [0.15, 0.2) is 0 Å². The van der Waals surface area contributed by atoms with Gasteiger partial charge < -0.3 is 10.6 Å². The van der Waals surface area contributed by atoms with Crippen molar-refractivity contribution in [2.75, 3.05) is 26.7 Å². The molecule has 0 aromatic rings. The average Bonchev–Trinajstić information content (AvgIpc) is 2.19. The molecule has 0 saturated carbocycles. The van der Waals surface area contributed by atoms with Gasteiger partial charge in [0.25, 0.3) is 0 Å². The maximum absolute atomic E-state index is 11.6. The molecule has 2 unspecified atom stereocenters. The molecule has 2 N–H and O–H groups in total. The van der Waals surface area contributed by atoms with E-state index < -0.39 is 0 Å². The van der Waals surface area contributed by atoms with Crippen LogP contribution in [0.25, 0.3) is 0 Å². The number of carbonyl (C=O) groups is 1. The first-order chi connectivity index (χ1) is 6.70. The minimum atomic E-state index is 0.0520. The summed E-state index contributed by atoms with van der Waals surface area (Å²) in [5.74, 6) is 0.181. The second-order valence-corrected chi connectivity index (χ2v) is 3.83. The number of nitrogens with one attached hydrogen (secondary N) is 2. The fourth-order valence-corrected chi connectivity index (χ4v) is 2.05. The molecule has 1 amide bonds. The number of likely N-dealkylation sites (N-methyl/N-ethyl adjacent to an activating group) is 1. The molecule has 82 valence electrons. The Morgan fingerprint density at radius 3 is 2.93 bits per heavy atom. The highest BCUT2D eigenvalue weighted by molar-refractivity contribution is 5.82. The van der Waals surface area contributed by atoms with Crippen molar-refractivity contribution in [1.82, 2.24) is 15.5 Å². The molecule has 4 heteroatoms.